The zero-order valence-electron chi connectivity index (χ0n) is 10.9. The number of rotatable bonds is 6. The highest BCUT2D eigenvalue weighted by Crippen LogP contribution is 2.14. The van der Waals surface area contributed by atoms with Crippen molar-refractivity contribution in [2.45, 2.75) is 39.0 Å². The molecule has 0 spiro atoms. The number of alkyl halides is 1. The molecule has 0 saturated heterocycles. The molecule has 0 fully saturated rings. The molecule has 0 bridgehead atoms. The number of aliphatic carboxylic acids is 1. The minimum Gasteiger partial charge on any atom is -0.481 e. The van der Waals surface area contributed by atoms with Gasteiger partial charge in [-0.1, -0.05) is 5.17 Å². The van der Waals surface area contributed by atoms with E-state index in [9.17, 15) is 18.8 Å². The van der Waals surface area contributed by atoms with Crippen LogP contribution in [-0.2, 0) is 24.0 Å². The van der Waals surface area contributed by atoms with Crippen molar-refractivity contribution in [3.63, 3.8) is 0 Å². The third kappa shape index (κ3) is 5.74. The minimum atomic E-state index is -1.63. The Bertz CT molecular complexity index is 425. The molecule has 1 unspecified atom stereocenters. The van der Waals surface area contributed by atoms with Gasteiger partial charge in [0.1, 0.15) is 6.61 Å². The smallest absolute Gasteiger partial charge is 0.306 e. The second kappa shape index (κ2) is 7.53. The predicted octanol–water partition coefficient (Wildman–Crippen LogP) is 0.620. The van der Waals surface area contributed by atoms with Crippen molar-refractivity contribution in [1.82, 2.24) is 5.17 Å². The Morgan fingerprint density at radius 3 is 2.75 bits per heavy atom. The number of hydrazone groups is 1. The fourth-order valence-corrected chi connectivity index (χ4v) is 1.34. The molecule has 1 aliphatic rings. The molecule has 1 heterocycles. The van der Waals surface area contributed by atoms with Crippen molar-refractivity contribution >= 4 is 23.6 Å². The van der Waals surface area contributed by atoms with Gasteiger partial charge in [-0.2, -0.15) is 5.10 Å². The Hall–Kier alpha value is -2.03. The summed E-state index contributed by atoms with van der Waals surface area (Å²) in [7, 11) is 0. The molecule has 0 aliphatic carbocycles. The van der Waals surface area contributed by atoms with Crippen LogP contribution < -0.4 is 0 Å². The van der Waals surface area contributed by atoms with Gasteiger partial charge in [-0.25, -0.2) is 9.23 Å². The fraction of sp³-hybridized carbons (Fsp3) is 0.636. The number of carboxylic acid groups (broad SMARTS) is 1. The molecule has 0 radical (unpaired) electrons. The van der Waals surface area contributed by atoms with Gasteiger partial charge in [0.05, 0.1) is 19.3 Å². The number of hydroxylamine groups is 1. The van der Waals surface area contributed by atoms with Crippen LogP contribution in [0.4, 0.5) is 4.39 Å². The summed E-state index contributed by atoms with van der Waals surface area (Å²) in [6.45, 7) is 1.31. The number of amides is 1. The first-order valence-electron chi connectivity index (χ1n) is 5.93. The van der Waals surface area contributed by atoms with E-state index < -0.39 is 24.2 Å². The summed E-state index contributed by atoms with van der Waals surface area (Å²) in [5, 5.41) is 12.6. The van der Waals surface area contributed by atoms with Gasteiger partial charge in [0.15, 0.2) is 0 Å². The van der Waals surface area contributed by atoms with Crippen LogP contribution in [-0.4, -0.2) is 46.8 Å². The Morgan fingerprint density at radius 1 is 1.45 bits per heavy atom. The van der Waals surface area contributed by atoms with Crippen LogP contribution in [0.15, 0.2) is 5.10 Å². The Kier molecular flexibility index (Phi) is 6.04. The van der Waals surface area contributed by atoms with Crippen molar-refractivity contribution in [1.29, 1.82) is 0 Å². The topological polar surface area (TPSA) is 106 Å². The largest absolute Gasteiger partial charge is 0.481 e. The third-order valence-corrected chi connectivity index (χ3v) is 2.27. The van der Waals surface area contributed by atoms with Gasteiger partial charge in [-0.3, -0.25) is 14.4 Å². The van der Waals surface area contributed by atoms with Crippen molar-refractivity contribution < 1.29 is 33.5 Å². The molecule has 1 N–H and O–H groups in total. The normalized spacial score (nSPS) is 18.4. The molecule has 0 saturated carbocycles. The van der Waals surface area contributed by atoms with E-state index in [2.05, 4.69) is 14.7 Å². The van der Waals surface area contributed by atoms with Gasteiger partial charge in [0.25, 0.3) is 5.91 Å². The Balaban J connectivity index is 2.28. The first-order chi connectivity index (χ1) is 9.38. The van der Waals surface area contributed by atoms with Gasteiger partial charge in [-0.05, 0) is 6.92 Å². The number of hydrogen-bond donors (Lipinski definition) is 1. The second-order valence-corrected chi connectivity index (χ2v) is 4.09. The lowest BCUT2D eigenvalue weighted by molar-refractivity contribution is -0.238. The van der Waals surface area contributed by atoms with Crippen molar-refractivity contribution in [3.8, 4) is 0 Å². The highest BCUT2D eigenvalue weighted by Gasteiger charge is 2.25. The van der Waals surface area contributed by atoms with Crippen LogP contribution >= 0.6 is 0 Å². The first kappa shape index (κ1) is 16.0. The van der Waals surface area contributed by atoms with Crippen LogP contribution in [0.5, 0.6) is 0 Å². The highest BCUT2D eigenvalue weighted by atomic mass is 19.1. The molecule has 1 atom stereocenters. The van der Waals surface area contributed by atoms with Crippen LogP contribution in [0.3, 0.4) is 0 Å². The summed E-state index contributed by atoms with van der Waals surface area (Å²) in [6, 6.07) is 0. The molecule has 0 aromatic carbocycles. The maximum atomic E-state index is 13.0. The highest BCUT2D eigenvalue weighted by molar-refractivity contribution is 5.85. The second-order valence-electron chi connectivity index (χ2n) is 4.09. The van der Waals surface area contributed by atoms with Crippen LogP contribution in [0, 0.1) is 0 Å². The van der Waals surface area contributed by atoms with Crippen LogP contribution in [0.25, 0.3) is 0 Å². The van der Waals surface area contributed by atoms with Crippen molar-refractivity contribution in [3.05, 3.63) is 0 Å². The number of carbonyl (C=O) groups excluding carboxylic acids is 2. The molecule has 20 heavy (non-hydrogen) atoms. The Labute approximate surface area is 114 Å². The average molecular weight is 290 g/mol. The first-order valence-corrected chi connectivity index (χ1v) is 5.93. The molecule has 0 aromatic heterocycles. The van der Waals surface area contributed by atoms with Gasteiger partial charge in [0, 0.05) is 12.1 Å². The molecule has 1 aliphatic heterocycles. The number of esters is 1. The summed E-state index contributed by atoms with van der Waals surface area (Å²) in [5.41, 5.74) is 0.413. The van der Waals surface area contributed by atoms with Crippen molar-refractivity contribution in [2.24, 2.45) is 5.10 Å². The van der Waals surface area contributed by atoms with E-state index in [0.29, 0.717) is 10.9 Å². The van der Waals surface area contributed by atoms with Gasteiger partial charge in [-0.15, -0.1) is 0 Å². The molecular formula is C11H15FN2O6. The summed E-state index contributed by atoms with van der Waals surface area (Å²) in [6.07, 6.45) is -2.48. The Morgan fingerprint density at radius 2 is 2.15 bits per heavy atom. The molecule has 9 heteroatoms. The lowest BCUT2D eigenvalue weighted by Crippen LogP contribution is -2.35. The number of halogens is 1. The zero-order chi connectivity index (χ0) is 15.1. The lowest BCUT2D eigenvalue weighted by atomic mass is 10.3. The SMILES string of the molecule is CC1=NN(C(=O)CCOC(=O)CCC(=O)O)OC(F)C1. The monoisotopic (exact) mass is 290 g/mol. The fourth-order valence-electron chi connectivity index (χ4n) is 1.34. The maximum Gasteiger partial charge on any atom is 0.306 e. The number of carboxylic acids is 1. The molecular weight excluding hydrogens is 275 g/mol. The van der Waals surface area contributed by atoms with Gasteiger partial charge in [0.2, 0.25) is 6.36 Å². The van der Waals surface area contributed by atoms with Crippen molar-refractivity contribution in [2.75, 3.05) is 6.61 Å². The quantitative estimate of drug-likeness (QED) is 0.719. The standard InChI is InChI=1S/C11H15FN2O6/c1-7-6-8(12)20-14(13-7)9(15)4-5-19-11(18)3-2-10(16)17/h8H,2-6H2,1H3,(H,16,17). The third-order valence-electron chi connectivity index (χ3n) is 2.27. The number of ether oxygens (including phenoxy) is 1. The van der Waals surface area contributed by atoms with E-state index in [4.69, 9.17) is 5.11 Å². The number of nitrogens with zero attached hydrogens (tertiary/aromatic N) is 2. The van der Waals surface area contributed by atoms with Crippen LogP contribution in [0.2, 0.25) is 0 Å². The van der Waals surface area contributed by atoms with Crippen LogP contribution in [0.1, 0.15) is 32.6 Å². The van der Waals surface area contributed by atoms with E-state index in [-0.39, 0.29) is 32.3 Å². The minimum absolute atomic E-state index is 0.00600. The number of carbonyl (C=O) groups is 3. The zero-order valence-corrected chi connectivity index (χ0v) is 10.9. The van der Waals surface area contributed by atoms with E-state index >= 15 is 0 Å². The number of hydrogen-bond acceptors (Lipinski definition) is 6. The lowest BCUT2D eigenvalue weighted by Gasteiger charge is -2.23. The summed E-state index contributed by atoms with van der Waals surface area (Å²) in [4.78, 5) is 37.4. The molecule has 8 nitrogen and oxygen atoms in total. The molecule has 1 rings (SSSR count). The van der Waals surface area contributed by atoms with E-state index in [1.807, 2.05) is 0 Å². The maximum absolute atomic E-state index is 13.0. The predicted molar refractivity (Wildman–Crippen MR) is 63.0 cm³/mol. The average Bonchev–Trinajstić information content (AvgIpc) is 2.35. The summed E-state index contributed by atoms with van der Waals surface area (Å²) < 4.78 is 17.7. The van der Waals surface area contributed by atoms with E-state index in [1.165, 1.54) is 0 Å². The summed E-state index contributed by atoms with van der Waals surface area (Å²) in [5.74, 6) is -2.49. The van der Waals surface area contributed by atoms with Gasteiger partial charge >= 0.3 is 11.9 Å². The van der Waals surface area contributed by atoms with E-state index in [1.54, 1.807) is 6.92 Å². The molecule has 1 amide bonds. The molecule has 112 valence electrons. The molecule has 0 aromatic rings. The van der Waals surface area contributed by atoms with E-state index in [0.717, 1.165) is 0 Å². The summed E-state index contributed by atoms with van der Waals surface area (Å²) >= 11 is 0. The van der Waals surface area contributed by atoms with Gasteiger partial charge < -0.3 is 9.84 Å².